The lowest BCUT2D eigenvalue weighted by Crippen LogP contribution is -2.44. The molecule has 0 aliphatic heterocycles. The zero-order chi connectivity index (χ0) is 26.4. The highest BCUT2D eigenvalue weighted by Gasteiger charge is 2.62. The molecule has 3 saturated carbocycles. The Morgan fingerprint density at radius 2 is 1.03 bits per heavy atom. The summed E-state index contributed by atoms with van der Waals surface area (Å²) in [6.45, 7) is 40.9. The van der Waals surface area contributed by atoms with Gasteiger partial charge in [-0.3, -0.25) is 0 Å². The summed E-state index contributed by atoms with van der Waals surface area (Å²) in [6.07, 6.45) is 5.52. The van der Waals surface area contributed by atoms with Crippen LogP contribution in [-0.2, 0) is 0 Å². The fourth-order valence-electron chi connectivity index (χ4n) is 7.61. The van der Waals surface area contributed by atoms with E-state index in [1.165, 1.54) is 25.7 Å². The van der Waals surface area contributed by atoms with Gasteiger partial charge in [0, 0.05) is 0 Å². The summed E-state index contributed by atoms with van der Waals surface area (Å²) in [4.78, 5) is 0. The molecule has 3 aliphatic rings. The SMILES string of the molecule is CC1C(C)C2CC1C(C)(C)C2(C)C.CCC(C)(C)C.CCC(C)C1CC(C)C(C)(C)C1(C)C. The Morgan fingerprint density at radius 3 is 1.24 bits per heavy atom. The van der Waals surface area contributed by atoms with Crippen molar-refractivity contribution in [3.05, 3.63) is 0 Å². The van der Waals surface area contributed by atoms with Crippen molar-refractivity contribution in [1.29, 1.82) is 0 Å². The van der Waals surface area contributed by atoms with Crippen molar-refractivity contribution in [1.82, 2.24) is 0 Å². The maximum Gasteiger partial charge on any atom is -0.0269 e. The molecule has 0 amide bonds. The molecule has 3 rings (SSSR count). The van der Waals surface area contributed by atoms with Gasteiger partial charge in [-0.1, -0.05) is 131 Å². The van der Waals surface area contributed by atoms with Crippen LogP contribution in [0.4, 0.5) is 0 Å². The number of fused-ring (bicyclic) bond motifs is 2. The van der Waals surface area contributed by atoms with E-state index in [9.17, 15) is 0 Å². The van der Waals surface area contributed by atoms with Crippen LogP contribution in [0.5, 0.6) is 0 Å². The third-order valence-electron chi connectivity index (χ3n) is 12.9. The van der Waals surface area contributed by atoms with Crippen molar-refractivity contribution in [2.24, 2.45) is 68.5 Å². The number of rotatable bonds is 2. The molecule has 0 N–H and O–H groups in total. The van der Waals surface area contributed by atoms with Gasteiger partial charge < -0.3 is 0 Å². The fourth-order valence-corrected chi connectivity index (χ4v) is 7.61. The second-order valence-corrected chi connectivity index (χ2v) is 16.1. The molecule has 7 atom stereocenters. The van der Waals surface area contributed by atoms with Crippen molar-refractivity contribution in [2.45, 2.75) is 143 Å². The van der Waals surface area contributed by atoms with Crippen molar-refractivity contribution < 1.29 is 0 Å². The minimum Gasteiger partial charge on any atom is -0.0651 e. The van der Waals surface area contributed by atoms with E-state index in [2.05, 4.69) is 118 Å². The van der Waals surface area contributed by atoms with Gasteiger partial charge in [0.1, 0.15) is 0 Å². The first kappa shape index (κ1) is 31.0. The van der Waals surface area contributed by atoms with Crippen LogP contribution in [-0.4, -0.2) is 0 Å². The van der Waals surface area contributed by atoms with E-state index in [4.69, 9.17) is 0 Å². The molecule has 7 unspecified atom stereocenters. The number of hydrogen-bond acceptors (Lipinski definition) is 0. The van der Waals surface area contributed by atoms with Gasteiger partial charge in [-0.15, -0.1) is 0 Å². The van der Waals surface area contributed by atoms with Crippen LogP contribution < -0.4 is 0 Å². The van der Waals surface area contributed by atoms with E-state index in [1.807, 2.05) is 0 Å². The zero-order valence-electron chi connectivity index (χ0n) is 26.4. The average Bonchev–Trinajstić information content (AvgIpc) is 3.15. The average molecular weight is 463 g/mol. The van der Waals surface area contributed by atoms with Gasteiger partial charge in [-0.05, 0) is 81.3 Å². The van der Waals surface area contributed by atoms with Crippen LogP contribution in [0.2, 0.25) is 0 Å². The predicted molar refractivity (Wildman–Crippen MR) is 152 cm³/mol. The molecule has 198 valence electrons. The first-order valence-electron chi connectivity index (χ1n) is 14.6. The molecule has 3 fully saturated rings. The molecular weight excluding hydrogens is 396 g/mol. The number of hydrogen-bond donors (Lipinski definition) is 0. The van der Waals surface area contributed by atoms with E-state index in [0.717, 1.165) is 41.4 Å². The molecule has 0 aromatic rings. The van der Waals surface area contributed by atoms with Gasteiger partial charge >= 0.3 is 0 Å². The maximum absolute atomic E-state index is 2.49. The normalized spacial score (nSPS) is 38.1. The Labute approximate surface area is 211 Å². The Bertz CT molecular complexity index is 586. The summed E-state index contributed by atoms with van der Waals surface area (Å²) < 4.78 is 0. The smallest absolute Gasteiger partial charge is 0.0269 e. The Morgan fingerprint density at radius 1 is 0.667 bits per heavy atom. The Kier molecular flexibility index (Phi) is 9.56. The van der Waals surface area contributed by atoms with E-state index in [-0.39, 0.29) is 0 Å². The summed E-state index contributed by atoms with van der Waals surface area (Å²) in [5, 5.41) is 0. The maximum atomic E-state index is 2.49. The molecule has 33 heavy (non-hydrogen) atoms. The largest absolute Gasteiger partial charge is 0.0651 e. The molecule has 0 radical (unpaired) electrons. The van der Waals surface area contributed by atoms with Gasteiger partial charge in [0.25, 0.3) is 0 Å². The Balaban J connectivity index is 0.000000268. The molecule has 2 bridgehead atoms. The minimum atomic E-state index is 0.501. The van der Waals surface area contributed by atoms with Gasteiger partial charge in [0.2, 0.25) is 0 Å². The second kappa shape index (κ2) is 10.2. The third kappa shape index (κ3) is 5.71. The molecule has 0 aromatic carbocycles. The van der Waals surface area contributed by atoms with Crippen LogP contribution in [0.3, 0.4) is 0 Å². The van der Waals surface area contributed by atoms with Crippen molar-refractivity contribution >= 4 is 0 Å². The summed E-state index contributed by atoms with van der Waals surface area (Å²) in [5.74, 6) is 6.52. The monoisotopic (exact) mass is 463 g/mol. The molecule has 0 saturated heterocycles. The fraction of sp³-hybridized carbons (Fsp3) is 1.00. The van der Waals surface area contributed by atoms with Gasteiger partial charge in [0.05, 0.1) is 0 Å². The van der Waals surface area contributed by atoms with E-state index >= 15 is 0 Å². The zero-order valence-corrected chi connectivity index (χ0v) is 26.4. The lowest BCUT2D eigenvalue weighted by Gasteiger charge is -2.50. The van der Waals surface area contributed by atoms with E-state index < -0.39 is 0 Å². The second-order valence-electron chi connectivity index (χ2n) is 16.1. The first-order valence-corrected chi connectivity index (χ1v) is 14.6. The summed E-state index contributed by atoms with van der Waals surface area (Å²) in [6, 6.07) is 0. The van der Waals surface area contributed by atoms with Crippen LogP contribution >= 0.6 is 0 Å². The Hall–Kier alpha value is 0. The third-order valence-corrected chi connectivity index (χ3v) is 12.9. The molecule has 0 heteroatoms. The van der Waals surface area contributed by atoms with Crippen molar-refractivity contribution in [3.8, 4) is 0 Å². The highest BCUT2D eigenvalue weighted by Crippen LogP contribution is 2.69. The minimum absolute atomic E-state index is 0.501. The summed E-state index contributed by atoms with van der Waals surface area (Å²) >= 11 is 0. The molecule has 3 aliphatic carbocycles. The summed E-state index contributed by atoms with van der Waals surface area (Å²) in [7, 11) is 0. The van der Waals surface area contributed by atoms with Crippen LogP contribution in [0, 0.1) is 68.5 Å². The van der Waals surface area contributed by atoms with Gasteiger partial charge in [0.15, 0.2) is 0 Å². The van der Waals surface area contributed by atoms with Crippen LogP contribution in [0.15, 0.2) is 0 Å². The quantitative estimate of drug-likeness (QED) is 0.382. The van der Waals surface area contributed by atoms with Crippen LogP contribution in [0.25, 0.3) is 0 Å². The summed E-state index contributed by atoms with van der Waals surface area (Å²) in [5.41, 5.74) is 2.66. The lowest BCUT2D eigenvalue weighted by atomic mass is 9.55. The van der Waals surface area contributed by atoms with Crippen LogP contribution in [0.1, 0.15) is 143 Å². The van der Waals surface area contributed by atoms with Crippen molar-refractivity contribution in [2.75, 3.05) is 0 Å². The first-order chi connectivity index (χ1) is 14.6. The topological polar surface area (TPSA) is 0 Å². The molecular formula is C33H66. The highest BCUT2D eigenvalue weighted by atomic mass is 14.7. The molecule has 0 heterocycles. The van der Waals surface area contributed by atoms with Gasteiger partial charge in [-0.2, -0.15) is 0 Å². The highest BCUT2D eigenvalue weighted by molar-refractivity contribution is 5.11. The van der Waals surface area contributed by atoms with E-state index in [0.29, 0.717) is 27.1 Å². The van der Waals surface area contributed by atoms with Gasteiger partial charge in [-0.25, -0.2) is 0 Å². The molecule has 0 aromatic heterocycles. The standard InChI is InChI=1S/C14H28.C13H24.C6H14/c1-8-10(2)12-9-11(3)13(4,5)14(12,6)7;1-8-9(2)11-7-10(8)12(3,4)13(11,5)6;1-5-6(2,3)4/h10-12H,8-9H2,1-7H3;8-11H,7H2,1-6H3;5H2,1-4H3. The molecule has 0 spiro atoms. The molecule has 0 nitrogen and oxygen atoms in total. The predicted octanol–water partition coefficient (Wildman–Crippen LogP) is 11.1. The van der Waals surface area contributed by atoms with Crippen molar-refractivity contribution in [3.63, 3.8) is 0 Å². The van der Waals surface area contributed by atoms with E-state index in [1.54, 1.807) is 0 Å². The lowest BCUT2D eigenvalue weighted by molar-refractivity contribution is -0.0201.